The van der Waals surface area contributed by atoms with Gasteiger partial charge in [0, 0.05) is 19.8 Å². The summed E-state index contributed by atoms with van der Waals surface area (Å²) in [4.78, 5) is 0. The Kier molecular flexibility index (Phi) is 4.43. The van der Waals surface area contributed by atoms with Gasteiger partial charge in [0.25, 0.3) is 0 Å². The zero-order valence-electron chi connectivity index (χ0n) is 8.88. The van der Waals surface area contributed by atoms with Crippen molar-refractivity contribution in [1.29, 1.82) is 0 Å². The first kappa shape index (κ1) is 12.4. The maximum absolute atomic E-state index is 11.1. The largest absolute Gasteiger partial charge is 0.390 e. The maximum atomic E-state index is 11.1. The Bertz CT molecular complexity index is 289. The molecule has 4 nitrogen and oxygen atoms in total. The smallest absolute Gasteiger partial charge is 0.211 e. The lowest BCUT2D eigenvalue weighted by molar-refractivity contribution is 0.491. The van der Waals surface area contributed by atoms with Gasteiger partial charge in [-0.3, -0.25) is 0 Å². The number of hydrogen-bond acceptors (Lipinski definition) is 3. The quantitative estimate of drug-likeness (QED) is 0.724. The van der Waals surface area contributed by atoms with Crippen LogP contribution in [0.1, 0.15) is 13.8 Å². The Balaban J connectivity index is 4.55. The molecule has 0 bridgehead atoms. The highest BCUT2D eigenvalue weighted by atomic mass is 32.2. The van der Waals surface area contributed by atoms with Crippen LogP contribution in [0.3, 0.4) is 0 Å². The molecule has 0 aromatic carbocycles. The third-order valence-corrected chi connectivity index (χ3v) is 3.11. The van der Waals surface area contributed by atoms with Gasteiger partial charge in [0.1, 0.15) is 0 Å². The second-order valence-corrected chi connectivity index (χ2v) is 5.34. The highest BCUT2D eigenvalue weighted by Crippen LogP contribution is 2.03. The van der Waals surface area contributed by atoms with Crippen LogP contribution >= 0.6 is 0 Å². The molecule has 0 atom stereocenters. The van der Waals surface area contributed by atoms with E-state index >= 15 is 0 Å². The van der Waals surface area contributed by atoms with E-state index in [0.29, 0.717) is 6.54 Å². The van der Waals surface area contributed by atoms with Gasteiger partial charge in [0.15, 0.2) is 0 Å². The van der Waals surface area contributed by atoms with E-state index in [0.717, 1.165) is 11.3 Å². The zero-order valence-corrected chi connectivity index (χ0v) is 9.70. The molecule has 0 aromatic rings. The summed E-state index contributed by atoms with van der Waals surface area (Å²) in [5.74, 6) is 0. The minimum atomic E-state index is -3.08. The Morgan fingerprint density at radius 2 is 1.85 bits per heavy atom. The average Bonchev–Trinajstić information content (AvgIpc) is 1.96. The van der Waals surface area contributed by atoms with Crippen LogP contribution in [0.2, 0.25) is 0 Å². The van der Waals surface area contributed by atoms with Crippen molar-refractivity contribution in [3.63, 3.8) is 0 Å². The Morgan fingerprint density at radius 3 is 2.08 bits per heavy atom. The first-order valence-corrected chi connectivity index (χ1v) is 5.89. The van der Waals surface area contributed by atoms with Crippen molar-refractivity contribution in [2.24, 2.45) is 0 Å². The molecule has 5 heteroatoms. The summed E-state index contributed by atoms with van der Waals surface area (Å²) >= 11 is 0. The molecule has 1 N–H and O–H groups in total. The number of nitrogens with zero attached hydrogens (tertiary/aromatic N) is 1. The summed E-state index contributed by atoms with van der Waals surface area (Å²) in [5, 5.41) is 2.98. The Labute approximate surface area is 80.7 Å². The van der Waals surface area contributed by atoms with Crippen molar-refractivity contribution >= 4 is 10.0 Å². The molecule has 0 rings (SSSR count). The third-order valence-electron chi connectivity index (χ3n) is 1.85. The van der Waals surface area contributed by atoms with Crippen molar-refractivity contribution < 1.29 is 8.42 Å². The van der Waals surface area contributed by atoms with E-state index in [1.165, 1.54) is 10.6 Å². The van der Waals surface area contributed by atoms with E-state index in [9.17, 15) is 8.42 Å². The predicted molar refractivity (Wildman–Crippen MR) is 54.9 cm³/mol. The molecule has 0 unspecified atom stereocenters. The molecule has 0 saturated carbocycles. The molecule has 0 aliphatic carbocycles. The van der Waals surface area contributed by atoms with Crippen LogP contribution in [0.4, 0.5) is 0 Å². The fraction of sp³-hybridized carbons (Fsp3) is 0.750. The van der Waals surface area contributed by atoms with E-state index in [-0.39, 0.29) is 0 Å². The van der Waals surface area contributed by atoms with Crippen LogP contribution < -0.4 is 5.32 Å². The molecule has 0 aliphatic rings. The van der Waals surface area contributed by atoms with Crippen molar-refractivity contribution in [3.05, 3.63) is 11.3 Å². The summed E-state index contributed by atoms with van der Waals surface area (Å²) in [6, 6.07) is 0. The molecule has 13 heavy (non-hydrogen) atoms. The lowest BCUT2D eigenvalue weighted by Crippen LogP contribution is -2.31. The van der Waals surface area contributed by atoms with Crippen molar-refractivity contribution in [3.8, 4) is 0 Å². The van der Waals surface area contributed by atoms with E-state index in [1.807, 2.05) is 13.8 Å². The van der Waals surface area contributed by atoms with Crippen molar-refractivity contribution in [2.45, 2.75) is 13.8 Å². The molecule has 0 fully saturated rings. The molecule has 0 heterocycles. The van der Waals surface area contributed by atoms with Crippen molar-refractivity contribution in [2.75, 3.05) is 26.9 Å². The molecule has 0 aromatic heterocycles. The lowest BCUT2D eigenvalue weighted by atomic mass is 10.2. The third kappa shape index (κ3) is 4.28. The van der Waals surface area contributed by atoms with Crippen molar-refractivity contribution in [1.82, 2.24) is 9.62 Å². The van der Waals surface area contributed by atoms with Gasteiger partial charge < -0.3 is 5.32 Å². The fourth-order valence-corrected chi connectivity index (χ4v) is 1.19. The van der Waals surface area contributed by atoms with Gasteiger partial charge in [0.2, 0.25) is 10.0 Å². The number of nitrogens with one attached hydrogen (secondary N) is 1. The van der Waals surface area contributed by atoms with Gasteiger partial charge in [-0.25, -0.2) is 8.42 Å². The van der Waals surface area contributed by atoms with Gasteiger partial charge in [-0.15, -0.1) is 0 Å². The van der Waals surface area contributed by atoms with Crippen LogP contribution in [0, 0.1) is 0 Å². The minimum absolute atomic E-state index is 0.400. The summed E-state index contributed by atoms with van der Waals surface area (Å²) in [5.41, 5.74) is 2.03. The molecule has 78 valence electrons. The molecule has 0 spiro atoms. The number of allylic oxidation sites excluding steroid dienone is 1. The van der Waals surface area contributed by atoms with Crippen LogP contribution in [-0.2, 0) is 10.0 Å². The fourth-order valence-electron chi connectivity index (χ4n) is 0.827. The maximum Gasteiger partial charge on any atom is 0.211 e. The van der Waals surface area contributed by atoms with E-state index < -0.39 is 10.0 Å². The highest BCUT2D eigenvalue weighted by Gasteiger charge is 2.12. The van der Waals surface area contributed by atoms with E-state index in [2.05, 4.69) is 5.32 Å². The van der Waals surface area contributed by atoms with Crippen LogP contribution in [-0.4, -0.2) is 39.6 Å². The average molecular weight is 206 g/mol. The molecule has 0 saturated heterocycles. The van der Waals surface area contributed by atoms with Crippen LogP contribution in [0.15, 0.2) is 11.3 Å². The summed E-state index contributed by atoms with van der Waals surface area (Å²) in [7, 11) is 0.273. The molecular formula is C8H18N2O2S. The molecular weight excluding hydrogens is 188 g/mol. The van der Waals surface area contributed by atoms with E-state index in [1.54, 1.807) is 14.1 Å². The van der Waals surface area contributed by atoms with Gasteiger partial charge in [-0.1, -0.05) is 5.57 Å². The van der Waals surface area contributed by atoms with Gasteiger partial charge in [-0.05, 0) is 13.8 Å². The summed E-state index contributed by atoms with van der Waals surface area (Å²) in [6.45, 7) is 4.29. The summed E-state index contributed by atoms with van der Waals surface area (Å²) in [6.07, 6.45) is 1.20. The topological polar surface area (TPSA) is 49.4 Å². The molecule has 0 radical (unpaired) electrons. The predicted octanol–water partition coefficient (Wildman–Crippen LogP) is 0.391. The Morgan fingerprint density at radius 1 is 1.38 bits per heavy atom. The van der Waals surface area contributed by atoms with Gasteiger partial charge in [0.05, 0.1) is 12.8 Å². The summed E-state index contributed by atoms with van der Waals surface area (Å²) < 4.78 is 23.5. The van der Waals surface area contributed by atoms with Crippen LogP contribution in [0.5, 0.6) is 0 Å². The number of rotatable bonds is 4. The van der Waals surface area contributed by atoms with Gasteiger partial charge >= 0.3 is 0 Å². The standard InChI is InChI=1S/C8H18N2O2S/c1-7(2)8(9-3)6-10(4)13(5,11)12/h9H,6H2,1-5H3. The first-order chi connectivity index (χ1) is 5.79. The molecule has 0 amide bonds. The monoisotopic (exact) mass is 206 g/mol. The second kappa shape index (κ2) is 4.62. The minimum Gasteiger partial charge on any atom is -0.390 e. The Hall–Kier alpha value is -0.550. The lowest BCUT2D eigenvalue weighted by Gasteiger charge is -2.17. The highest BCUT2D eigenvalue weighted by molar-refractivity contribution is 7.88. The SMILES string of the molecule is CNC(CN(C)S(C)(=O)=O)=C(C)C. The first-order valence-electron chi connectivity index (χ1n) is 4.04. The van der Waals surface area contributed by atoms with E-state index in [4.69, 9.17) is 0 Å². The van der Waals surface area contributed by atoms with Gasteiger partial charge in [-0.2, -0.15) is 4.31 Å². The number of hydrogen-bond donors (Lipinski definition) is 1. The molecule has 0 aliphatic heterocycles. The normalized spacial score (nSPS) is 11.5. The number of likely N-dealkylation sites (N-methyl/N-ethyl adjacent to an activating group) is 2. The second-order valence-electron chi connectivity index (χ2n) is 3.25. The van der Waals surface area contributed by atoms with Crippen LogP contribution in [0.25, 0.3) is 0 Å². The number of sulfonamides is 1. The zero-order chi connectivity index (χ0) is 10.6.